The van der Waals surface area contributed by atoms with E-state index in [4.69, 9.17) is 5.11 Å². The second kappa shape index (κ2) is 4.48. The predicted molar refractivity (Wildman–Crippen MR) is 72.0 cm³/mol. The summed E-state index contributed by atoms with van der Waals surface area (Å²) < 4.78 is 15.1. The van der Waals surface area contributed by atoms with Crippen molar-refractivity contribution in [3.05, 3.63) is 53.8 Å². The summed E-state index contributed by atoms with van der Waals surface area (Å²) in [5.41, 5.74) is 3.26. The molecule has 19 heavy (non-hydrogen) atoms. The largest absolute Gasteiger partial charge is 0.392 e. The van der Waals surface area contributed by atoms with Gasteiger partial charge in [-0.15, -0.1) is 0 Å². The maximum atomic E-state index is 13.3. The Hall–Kier alpha value is -2.20. The van der Waals surface area contributed by atoms with E-state index in [1.807, 2.05) is 31.3 Å². The number of rotatable bonds is 2. The molecule has 96 valence electrons. The fourth-order valence-electron chi connectivity index (χ4n) is 2.25. The Balaban J connectivity index is 2.25. The van der Waals surface area contributed by atoms with Crippen molar-refractivity contribution < 1.29 is 9.50 Å². The van der Waals surface area contributed by atoms with Crippen molar-refractivity contribution in [1.82, 2.24) is 9.78 Å². The lowest BCUT2D eigenvalue weighted by Crippen LogP contribution is -1.91. The van der Waals surface area contributed by atoms with Gasteiger partial charge in [-0.2, -0.15) is 5.10 Å². The van der Waals surface area contributed by atoms with Crippen molar-refractivity contribution in [3.63, 3.8) is 0 Å². The van der Waals surface area contributed by atoms with Gasteiger partial charge in [0.05, 0.1) is 12.1 Å². The molecular formula is C15H13FN2O. The smallest absolute Gasteiger partial charge is 0.123 e. The Morgan fingerprint density at radius 3 is 2.79 bits per heavy atom. The standard InChI is InChI=1S/C15H13FN2O/c1-18-14-7-10(9-19)5-6-13(14)15(17-18)11-3-2-4-12(16)8-11/h2-8,19H,9H2,1H3. The molecule has 0 radical (unpaired) electrons. The van der Waals surface area contributed by atoms with Crippen molar-refractivity contribution in [2.45, 2.75) is 6.61 Å². The molecule has 0 saturated carbocycles. The molecule has 0 unspecified atom stereocenters. The van der Waals surface area contributed by atoms with Crippen LogP contribution in [0.1, 0.15) is 5.56 Å². The Bertz CT molecular complexity index is 749. The zero-order valence-electron chi connectivity index (χ0n) is 10.5. The van der Waals surface area contributed by atoms with E-state index >= 15 is 0 Å². The molecule has 0 spiro atoms. The zero-order valence-corrected chi connectivity index (χ0v) is 10.5. The molecule has 0 atom stereocenters. The number of nitrogens with zero attached hydrogens (tertiary/aromatic N) is 2. The van der Waals surface area contributed by atoms with Crippen LogP contribution in [0.2, 0.25) is 0 Å². The maximum absolute atomic E-state index is 13.3. The average Bonchev–Trinajstić information content (AvgIpc) is 2.76. The summed E-state index contributed by atoms with van der Waals surface area (Å²) in [4.78, 5) is 0. The summed E-state index contributed by atoms with van der Waals surface area (Å²) in [6.45, 7) is -0.00355. The van der Waals surface area contributed by atoms with E-state index in [0.717, 1.165) is 27.7 Å². The van der Waals surface area contributed by atoms with E-state index in [0.29, 0.717) is 0 Å². The highest BCUT2D eigenvalue weighted by atomic mass is 19.1. The summed E-state index contributed by atoms with van der Waals surface area (Å²) in [5, 5.41) is 14.6. The van der Waals surface area contributed by atoms with Crippen molar-refractivity contribution in [3.8, 4) is 11.3 Å². The molecule has 1 aromatic heterocycles. The number of benzene rings is 2. The van der Waals surface area contributed by atoms with Gasteiger partial charge in [-0.3, -0.25) is 4.68 Å². The molecule has 0 aliphatic rings. The molecule has 3 aromatic rings. The van der Waals surface area contributed by atoms with Gasteiger partial charge < -0.3 is 5.11 Å². The van der Waals surface area contributed by atoms with Crippen LogP contribution in [0.25, 0.3) is 22.2 Å². The van der Waals surface area contributed by atoms with Gasteiger partial charge in [-0.1, -0.05) is 24.3 Å². The number of hydrogen-bond acceptors (Lipinski definition) is 2. The molecule has 3 rings (SSSR count). The Morgan fingerprint density at radius 1 is 1.21 bits per heavy atom. The van der Waals surface area contributed by atoms with Crippen LogP contribution in [0.3, 0.4) is 0 Å². The second-order valence-electron chi connectivity index (χ2n) is 4.49. The molecule has 0 saturated heterocycles. The van der Waals surface area contributed by atoms with Gasteiger partial charge in [0, 0.05) is 18.0 Å². The molecule has 0 amide bonds. The zero-order chi connectivity index (χ0) is 13.4. The van der Waals surface area contributed by atoms with E-state index in [1.54, 1.807) is 10.7 Å². The van der Waals surface area contributed by atoms with Gasteiger partial charge in [-0.05, 0) is 23.8 Å². The van der Waals surface area contributed by atoms with Gasteiger partial charge in [0.25, 0.3) is 0 Å². The second-order valence-corrected chi connectivity index (χ2v) is 4.49. The average molecular weight is 256 g/mol. The fourth-order valence-corrected chi connectivity index (χ4v) is 2.25. The van der Waals surface area contributed by atoms with Crippen LogP contribution in [0.5, 0.6) is 0 Å². The third-order valence-electron chi connectivity index (χ3n) is 3.20. The van der Waals surface area contributed by atoms with E-state index in [1.165, 1.54) is 12.1 Å². The molecule has 0 fully saturated rings. The van der Waals surface area contributed by atoms with Crippen molar-refractivity contribution in [2.75, 3.05) is 0 Å². The highest BCUT2D eigenvalue weighted by molar-refractivity contribution is 5.93. The van der Waals surface area contributed by atoms with Gasteiger partial charge in [0.2, 0.25) is 0 Å². The Morgan fingerprint density at radius 2 is 2.05 bits per heavy atom. The third-order valence-corrected chi connectivity index (χ3v) is 3.20. The SMILES string of the molecule is Cn1nc(-c2cccc(F)c2)c2ccc(CO)cc21. The van der Waals surface area contributed by atoms with E-state index in [9.17, 15) is 4.39 Å². The van der Waals surface area contributed by atoms with Crippen molar-refractivity contribution >= 4 is 10.9 Å². The molecule has 1 N–H and O–H groups in total. The van der Waals surface area contributed by atoms with Crippen molar-refractivity contribution in [1.29, 1.82) is 0 Å². The third kappa shape index (κ3) is 2.00. The molecule has 3 nitrogen and oxygen atoms in total. The first-order chi connectivity index (χ1) is 9.19. The summed E-state index contributed by atoms with van der Waals surface area (Å²) in [6, 6.07) is 12.1. The Kier molecular flexibility index (Phi) is 2.80. The lowest BCUT2D eigenvalue weighted by Gasteiger charge is -1.99. The van der Waals surface area contributed by atoms with Crippen LogP contribution < -0.4 is 0 Å². The van der Waals surface area contributed by atoms with E-state index < -0.39 is 0 Å². The Labute approximate surface area is 109 Å². The van der Waals surface area contributed by atoms with Crippen LogP contribution in [0, 0.1) is 5.82 Å². The fraction of sp³-hybridized carbons (Fsp3) is 0.133. The number of halogens is 1. The minimum absolute atomic E-state index is 0.00355. The molecule has 4 heteroatoms. The number of hydrogen-bond donors (Lipinski definition) is 1. The highest BCUT2D eigenvalue weighted by Crippen LogP contribution is 2.28. The normalized spacial score (nSPS) is 11.1. The van der Waals surface area contributed by atoms with Gasteiger partial charge >= 0.3 is 0 Å². The van der Waals surface area contributed by atoms with Crippen molar-refractivity contribution in [2.24, 2.45) is 7.05 Å². The lowest BCUT2D eigenvalue weighted by molar-refractivity contribution is 0.282. The van der Waals surface area contributed by atoms with Gasteiger partial charge in [-0.25, -0.2) is 4.39 Å². The summed E-state index contributed by atoms with van der Waals surface area (Å²) in [7, 11) is 1.84. The predicted octanol–water partition coefficient (Wildman–Crippen LogP) is 2.87. The maximum Gasteiger partial charge on any atom is 0.123 e. The summed E-state index contributed by atoms with van der Waals surface area (Å²) in [6.07, 6.45) is 0. The molecule has 1 heterocycles. The summed E-state index contributed by atoms with van der Waals surface area (Å²) >= 11 is 0. The number of aliphatic hydroxyl groups excluding tert-OH is 1. The van der Waals surface area contributed by atoms with Gasteiger partial charge in [0.1, 0.15) is 11.5 Å². The summed E-state index contributed by atoms with van der Waals surface area (Å²) in [5.74, 6) is -0.275. The minimum atomic E-state index is -0.275. The molecular weight excluding hydrogens is 243 g/mol. The van der Waals surface area contributed by atoms with Crippen LogP contribution in [0.4, 0.5) is 4.39 Å². The first-order valence-electron chi connectivity index (χ1n) is 6.01. The lowest BCUT2D eigenvalue weighted by atomic mass is 10.1. The van der Waals surface area contributed by atoms with Crippen LogP contribution in [0.15, 0.2) is 42.5 Å². The quantitative estimate of drug-likeness (QED) is 0.765. The first-order valence-corrected chi connectivity index (χ1v) is 6.01. The topological polar surface area (TPSA) is 38.0 Å². The monoisotopic (exact) mass is 256 g/mol. The molecule has 2 aromatic carbocycles. The number of aryl methyl sites for hydroxylation is 1. The van der Waals surface area contributed by atoms with Gasteiger partial charge in [0.15, 0.2) is 0 Å². The highest BCUT2D eigenvalue weighted by Gasteiger charge is 2.11. The molecule has 0 aliphatic heterocycles. The minimum Gasteiger partial charge on any atom is -0.392 e. The molecule has 0 bridgehead atoms. The van der Waals surface area contributed by atoms with E-state index in [-0.39, 0.29) is 12.4 Å². The van der Waals surface area contributed by atoms with Crippen LogP contribution >= 0.6 is 0 Å². The van der Waals surface area contributed by atoms with E-state index in [2.05, 4.69) is 5.10 Å². The number of fused-ring (bicyclic) bond motifs is 1. The number of aromatic nitrogens is 2. The van der Waals surface area contributed by atoms with Crippen LogP contribution in [-0.4, -0.2) is 14.9 Å². The van der Waals surface area contributed by atoms with Crippen LogP contribution in [-0.2, 0) is 13.7 Å². The first kappa shape index (κ1) is 11.9. The number of aliphatic hydroxyl groups is 1. The molecule has 0 aliphatic carbocycles.